The molecule has 0 aliphatic carbocycles. The van der Waals surface area contributed by atoms with Gasteiger partial charge in [0.15, 0.2) is 11.6 Å². The van der Waals surface area contributed by atoms with Gasteiger partial charge in [0.05, 0.1) is 5.71 Å². The molecule has 176 valence electrons. The van der Waals surface area contributed by atoms with Crippen LogP contribution in [-0.2, 0) is 27.4 Å². The van der Waals surface area contributed by atoms with Crippen LogP contribution in [-0.4, -0.2) is 39.2 Å². The van der Waals surface area contributed by atoms with Crippen LogP contribution < -0.4 is 0 Å². The van der Waals surface area contributed by atoms with Crippen molar-refractivity contribution in [1.29, 1.82) is 0 Å². The van der Waals surface area contributed by atoms with Crippen molar-refractivity contribution in [2.45, 2.75) is 60.3 Å². The maximum atomic E-state index is 10.2. The normalized spacial score (nSPS) is 12.7. The van der Waals surface area contributed by atoms with Gasteiger partial charge in [-0.1, -0.05) is 23.7 Å². The quantitative estimate of drug-likeness (QED) is 0.458. The average molecular weight is 489 g/mol. The molecule has 0 amide bonds. The smallest absolute Gasteiger partial charge is 0.303 e. The second kappa shape index (κ2) is 10.2. The third kappa shape index (κ3) is 5.88. The molecule has 0 N–H and O–H groups in total. The van der Waals surface area contributed by atoms with Crippen LogP contribution in [0.5, 0.6) is 0 Å². The van der Waals surface area contributed by atoms with E-state index in [-0.39, 0.29) is 11.6 Å². The molecule has 0 saturated carbocycles. The molecule has 4 rings (SSSR count). The zero-order chi connectivity index (χ0) is 24.3. The maximum absolute atomic E-state index is 10.2. The first kappa shape index (κ1) is 25.1. The summed E-state index contributed by atoms with van der Waals surface area (Å²) in [6.45, 7) is 12.1. The zero-order valence-electron chi connectivity index (χ0n) is 20.0. The topological polar surface area (TPSA) is 78.6 Å². The van der Waals surface area contributed by atoms with Crippen LogP contribution in [0.25, 0.3) is 5.00 Å². The predicted molar refractivity (Wildman–Crippen MR) is 132 cm³/mol. The maximum Gasteiger partial charge on any atom is 0.303 e. The number of nitrogens with zero attached hydrogens (tertiary/aromatic N) is 4. The van der Waals surface area contributed by atoms with Crippen LogP contribution in [0, 0.1) is 13.8 Å². The Bertz CT molecular complexity index is 1170. The summed E-state index contributed by atoms with van der Waals surface area (Å²) in [7, 11) is 1.67. The number of rotatable bonds is 3. The molecule has 3 aromatic rings. The lowest BCUT2D eigenvalue weighted by molar-refractivity contribution is -0.151. The largest absolute Gasteiger partial charge is 0.460 e. The van der Waals surface area contributed by atoms with E-state index < -0.39 is 0 Å². The molecule has 2 aromatic heterocycles. The number of halogens is 1. The first-order valence-electron chi connectivity index (χ1n) is 10.5. The molecule has 1 aliphatic heterocycles. The molecule has 0 fully saturated rings. The summed E-state index contributed by atoms with van der Waals surface area (Å²) in [6, 6.07) is 7.82. The van der Waals surface area contributed by atoms with E-state index in [0.29, 0.717) is 13.2 Å². The number of benzene rings is 1. The number of hydrogen-bond donors (Lipinski definition) is 0. The fraction of sp³-hybridized carbons (Fsp3) is 0.417. The number of methoxy groups -OCH3 is 1. The van der Waals surface area contributed by atoms with Gasteiger partial charge in [-0.15, -0.1) is 21.5 Å². The highest BCUT2D eigenvalue weighted by atomic mass is 35.5. The van der Waals surface area contributed by atoms with Crippen molar-refractivity contribution in [2.75, 3.05) is 7.11 Å². The Morgan fingerprint density at radius 1 is 1.18 bits per heavy atom. The molecular weight excluding hydrogens is 460 g/mol. The summed E-state index contributed by atoms with van der Waals surface area (Å²) in [4.78, 5) is 16.4. The van der Waals surface area contributed by atoms with Gasteiger partial charge in [-0.3, -0.25) is 14.4 Å². The molecule has 0 atom stereocenters. The summed E-state index contributed by atoms with van der Waals surface area (Å²) in [5.74, 6) is 1.41. The summed E-state index contributed by atoms with van der Waals surface area (Å²) in [6.07, 6.45) is 0. The van der Waals surface area contributed by atoms with Crippen molar-refractivity contribution in [1.82, 2.24) is 14.8 Å². The Hall–Kier alpha value is -2.55. The van der Waals surface area contributed by atoms with Gasteiger partial charge in [-0.2, -0.15) is 0 Å². The molecule has 0 radical (unpaired) electrons. The van der Waals surface area contributed by atoms with Gasteiger partial charge in [0.25, 0.3) is 0 Å². The molecule has 3 heterocycles. The lowest BCUT2D eigenvalue weighted by atomic mass is 10.00. The minimum absolute atomic E-state index is 0.225. The first-order valence-corrected chi connectivity index (χ1v) is 11.7. The zero-order valence-corrected chi connectivity index (χ0v) is 21.6. The lowest BCUT2D eigenvalue weighted by Crippen LogP contribution is -2.21. The lowest BCUT2D eigenvalue weighted by Gasteiger charge is -2.17. The number of carbonyl (C=O) groups excluding carboxylic acids is 1. The molecule has 0 saturated heterocycles. The van der Waals surface area contributed by atoms with Gasteiger partial charge < -0.3 is 9.47 Å². The summed E-state index contributed by atoms with van der Waals surface area (Å²) >= 11 is 7.80. The summed E-state index contributed by atoms with van der Waals surface area (Å²) < 4.78 is 12.2. The predicted octanol–water partition coefficient (Wildman–Crippen LogP) is 5.44. The molecular formula is C24H29ClN4O3S. The number of fused-ring (bicyclic) bond motifs is 3. The number of aromatic nitrogens is 3. The highest BCUT2D eigenvalue weighted by Gasteiger charge is 2.27. The fourth-order valence-electron chi connectivity index (χ4n) is 3.46. The number of thiophene rings is 1. The van der Waals surface area contributed by atoms with Crippen LogP contribution in [0.1, 0.15) is 60.9 Å². The van der Waals surface area contributed by atoms with Crippen LogP contribution in [0.3, 0.4) is 0 Å². The minimum Gasteiger partial charge on any atom is -0.460 e. The van der Waals surface area contributed by atoms with Gasteiger partial charge in [-0.25, -0.2) is 0 Å². The molecule has 0 unspecified atom stereocenters. The summed E-state index contributed by atoms with van der Waals surface area (Å²) in [5.41, 5.74) is 4.08. The van der Waals surface area contributed by atoms with Gasteiger partial charge in [-0.05, 0) is 52.3 Å². The van der Waals surface area contributed by atoms with E-state index in [9.17, 15) is 4.79 Å². The van der Waals surface area contributed by atoms with Crippen LogP contribution >= 0.6 is 22.9 Å². The van der Waals surface area contributed by atoms with E-state index >= 15 is 0 Å². The van der Waals surface area contributed by atoms with Gasteiger partial charge >= 0.3 is 5.97 Å². The van der Waals surface area contributed by atoms with Crippen molar-refractivity contribution in [3.63, 3.8) is 0 Å². The molecule has 9 heteroatoms. The molecule has 33 heavy (non-hydrogen) atoms. The standard InChI is InChI=1S/C18H17ClN4OS.C6H12O2/c1-10-11(2)25-18-16(10)17(12-4-6-13(19)7-5-12)20-8-14-21-22-15(9-24-3)23(14)18;1-5(7)8-6(2,3)4/h4-7H,8-9H2,1-3H3;1-4H3. The Morgan fingerprint density at radius 3 is 2.39 bits per heavy atom. The monoisotopic (exact) mass is 488 g/mol. The van der Waals surface area contributed by atoms with Crippen molar-refractivity contribution >= 4 is 34.6 Å². The average Bonchev–Trinajstić information content (AvgIpc) is 3.18. The van der Waals surface area contributed by atoms with Gasteiger partial charge in [0, 0.05) is 35.1 Å². The van der Waals surface area contributed by atoms with Crippen LogP contribution in [0.4, 0.5) is 0 Å². The van der Waals surface area contributed by atoms with Crippen molar-refractivity contribution in [3.8, 4) is 5.00 Å². The highest BCUT2D eigenvalue weighted by molar-refractivity contribution is 7.15. The number of esters is 1. The minimum atomic E-state index is -0.328. The highest BCUT2D eigenvalue weighted by Crippen LogP contribution is 2.36. The van der Waals surface area contributed by atoms with Crippen molar-refractivity contribution in [3.05, 3.63) is 62.5 Å². The molecule has 0 spiro atoms. The molecule has 1 aromatic carbocycles. The van der Waals surface area contributed by atoms with Crippen molar-refractivity contribution < 1.29 is 14.3 Å². The Kier molecular flexibility index (Phi) is 7.72. The van der Waals surface area contributed by atoms with Gasteiger partial charge in [0.2, 0.25) is 0 Å². The number of carbonyl (C=O) groups is 1. The fourth-order valence-corrected chi connectivity index (χ4v) is 4.79. The third-order valence-electron chi connectivity index (χ3n) is 4.82. The Morgan fingerprint density at radius 2 is 1.85 bits per heavy atom. The Labute approximate surface area is 203 Å². The third-order valence-corrected chi connectivity index (χ3v) is 6.27. The van der Waals surface area contributed by atoms with Gasteiger partial charge in [0.1, 0.15) is 23.8 Å². The van der Waals surface area contributed by atoms with Crippen LogP contribution in [0.2, 0.25) is 5.02 Å². The van der Waals surface area contributed by atoms with E-state index in [1.165, 1.54) is 17.4 Å². The van der Waals surface area contributed by atoms with E-state index in [1.54, 1.807) is 18.4 Å². The van der Waals surface area contributed by atoms with E-state index in [1.807, 2.05) is 45.0 Å². The van der Waals surface area contributed by atoms with Crippen LogP contribution in [0.15, 0.2) is 29.3 Å². The second-order valence-electron chi connectivity index (χ2n) is 8.64. The number of aliphatic imine (C=N–C) groups is 1. The Balaban J connectivity index is 0.000000331. The van der Waals surface area contributed by atoms with E-state index in [2.05, 4.69) is 28.6 Å². The number of ether oxygens (including phenoxy) is 2. The molecule has 0 bridgehead atoms. The molecule has 7 nitrogen and oxygen atoms in total. The number of aryl methyl sites for hydroxylation is 1. The SMILES string of the molecule is CC(=O)OC(C)(C)C.COCc1nnc2n1-c1sc(C)c(C)c1C(c1ccc(Cl)cc1)=NC2. The molecule has 1 aliphatic rings. The second-order valence-corrected chi connectivity index (χ2v) is 10.3. The summed E-state index contributed by atoms with van der Waals surface area (Å²) in [5, 5.41) is 10.4. The van der Waals surface area contributed by atoms with Crippen molar-refractivity contribution in [2.24, 2.45) is 4.99 Å². The van der Waals surface area contributed by atoms with E-state index in [4.69, 9.17) is 26.1 Å². The van der Waals surface area contributed by atoms with E-state index in [0.717, 1.165) is 38.5 Å². The first-order chi connectivity index (χ1) is 15.5. The number of hydrogen-bond acceptors (Lipinski definition) is 7.